The summed E-state index contributed by atoms with van der Waals surface area (Å²) in [6.45, 7) is 4.71. The number of imidazole rings is 1. The van der Waals surface area contributed by atoms with Crippen LogP contribution in [-0.2, 0) is 37.8 Å². The van der Waals surface area contributed by atoms with Crippen molar-refractivity contribution in [1.29, 1.82) is 0 Å². The van der Waals surface area contributed by atoms with Crippen molar-refractivity contribution in [2.45, 2.75) is 51.9 Å². The van der Waals surface area contributed by atoms with E-state index >= 15 is 0 Å². The van der Waals surface area contributed by atoms with Gasteiger partial charge in [-0.25, -0.2) is 9.97 Å². The summed E-state index contributed by atoms with van der Waals surface area (Å²) in [5.74, 6) is 2.42. The summed E-state index contributed by atoms with van der Waals surface area (Å²) in [7, 11) is 1.78. The normalized spacial score (nSPS) is 15.9. The van der Waals surface area contributed by atoms with E-state index in [0.29, 0.717) is 25.5 Å². The summed E-state index contributed by atoms with van der Waals surface area (Å²) in [6, 6.07) is 28.6. The number of nitrogens with zero attached hydrogens (tertiary/aromatic N) is 4. The summed E-state index contributed by atoms with van der Waals surface area (Å²) in [6.07, 6.45) is 5.45. The number of hydrogen-bond acceptors (Lipinski definition) is 6. The van der Waals surface area contributed by atoms with E-state index in [2.05, 4.69) is 66.1 Å². The highest BCUT2D eigenvalue weighted by molar-refractivity contribution is 5.77. The molecule has 6 aromatic rings. The number of benzene rings is 3. The molecule has 8 heteroatoms. The number of pyridine rings is 2. The Balaban J connectivity index is 1.13. The maximum atomic E-state index is 12.0. The lowest BCUT2D eigenvalue weighted by Gasteiger charge is -2.27. The van der Waals surface area contributed by atoms with E-state index in [4.69, 9.17) is 24.2 Å². The molecular weight excluding hydrogens is 600 g/mol. The van der Waals surface area contributed by atoms with Crippen molar-refractivity contribution in [2.75, 3.05) is 13.2 Å². The second kappa shape index (κ2) is 12.8. The molecule has 4 bridgehead atoms. The Morgan fingerprint density at radius 3 is 2.58 bits per heavy atom. The number of rotatable bonds is 5. The third-order valence-corrected chi connectivity index (χ3v) is 9.45. The van der Waals surface area contributed by atoms with Crippen molar-refractivity contribution in [3.05, 3.63) is 130 Å². The number of fused-ring (bicyclic) bond motifs is 7. The fourth-order valence-electron chi connectivity index (χ4n) is 6.61. The average molecular weight is 639 g/mol. The van der Waals surface area contributed by atoms with Gasteiger partial charge in [-0.3, -0.25) is 4.79 Å². The predicted octanol–water partition coefficient (Wildman–Crippen LogP) is 7.06. The van der Waals surface area contributed by atoms with Crippen LogP contribution in [0.1, 0.15) is 40.9 Å². The molecule has 1 unspecified atom stereocenters. The number of ether oxygens (including phenoxy) is 3. The summed E-state index contributed by atoms with van der Waals surface area (Å²) in [4.78, 5) is 22.0. The molecule has 1 fully saturated rings. The van der Waals surface area contributed by atoms with Crippen molar-refractivity contribution < 1.29 is 14.2 Å². The first-order chi connectivity index (χ1) is 23.5. The van der Waals surface area contributed by atoms with Gasteiger partial charge in [0.2, 0.25) is 11.4 Å². The SMILES string of the molecule is Cc1ccc2nc(Cc3ccc4cc3OCCCc3cc(-c5ccc(=O)n(C)c5)ccc3COc3cccc-4n3)n(CC3CCO3)c2c1. The second-order valence-electron chi connectivity index (χ2n) is 12.9. The van der Waals surface area contributed by atoms with Gasteiger partial charge in [-0.05, 0) is 84.3 Å². The van der Waals surface area contributed by atoms with Gasteiger partial charge in [-0.2, -0.15) is 0 Å². The standard InChI is InChI=1S/C40H38N4O4/c1-26-8-14-35-36(19-26)44(24-33-16-18-46-33)38(41-35)22-30-11-10-29-21-37(30)47-17-4-5-27-20-28(31-13-15-40(45)43(2)23-31)9-12-32(27)25-48-39-7-3-6-34(29)42-39/h3,6-15,19-21,23,33H,4-5,16-18,22,24-25H2,1-2H3. The first-order valence-electron chi connectivity index (χ1n) is 16.7. The molecular formula is C40H38N4O4. The van der Waals surface area contributed by atoms with E-state index < -0.39 is 0 Å². The smallest absolute Gasteiger partial charge is 0.250 e. The van der Waals surface area contributed by atoms with Crippen LogP contribution in [0.2, 0.25) is 0 Å². The lowest BCUT2D eigenvalue weighted by Crippen LogP contribution is -2.31. The number of aryl methyl sites for hydroxylation is 3. The van der Waals surface area contributed by atoms with Gasteiger partial charge in [0.25, 0.3) is 0 Å². The highest BCUT2D eigenvalue weighted by atomic mass is 16.5. The second-order valence-corrected chi connectivity index (χ2v) is 12.9. The molecule has 242 valence electrons. The Kier molecular flexibility index (Phi) is 8.02. The molecule has 2 aliphatic heterocycles. The topological polar surface area (TPSA) is 80.4 Å². The average Bonchev–Trinajstić information content (AvgIpc) is 3.41. The zero-order valence-corrected chi connectivity index (χ0v) is 27.3. The monoisotopic (exact) mass is 638 g/mol. The van der Waals surface area contributed by atoms with E-state index in [1.54, 1.807) is 17.7 Å². The molecule has 3 aromatic heterocycles. The third kappa shape index (κ3) is 6.11. The number of aromatic nitrogens is 4. The van der Waals surface area contributed by atoms with Crippen LogP contribution in [0.4, 0.5) is 0 Å². The quantitative estimate of drug-likeness (QED) is 0.201. The first kappa shape index (κ1) is 30.1. The van der Waals surface area contributed by atoms with Crippen molar-refractivity contribution in [1.82, 2.24) is 19.1 Å². The Hall–Kier alpha value is -5.21. The van der Waals surface area contributed by atoms with Gasteiger partial charge in [0, 0.05) is 49.5 Å². The summed E-state index contributed by atoms with van der Waals surface area (Å²) < 4.78 is 22.7. The van der Waals surface area contributed by atoms with Crippen LogP contribution < -0.4 is 15.0 Å². The maximum absolute atomic E-state index is 12.0. The first-order valence-corrected chi connectivity index (χ1v) is 16.7. The van der Waals surface area contributed by atoms with Gasteiger partial charge in [-0.1, -0.05) is 42.5 Å². The van der Waals surface area contributed by atoms with Crippen LogP contribution in [0, 0.1) is 6.92 Å². The Bertz CT molecular complexity index is 2200. The molecule has 8 rings (SSSR count). The van der Waals surface area contributed by atoms with Crippen molar-refractivity contribution in [2.24, 2.45) is 7.05 Å². The molecule has 0 aliphatic carbocycles. The zero-order valence-electron chi connectivity index (χ0n) is 27.3. The minimum Gasteiger partial charge on any atom is -0.493 e. The van der Waals surface area contributed by atoms with E-state index in [9.17, 15) is 4.79 Å². The van der Waals surface area contributed by atoms with Crippen LogP contribution in [0.3, 0.4) is 0 Å². The summed E-state index contributed by atoms with van der Waals surface area (Å²) in [5, 5.41) is 0. The highest BCUT2D eigenvalue weighted by Crippen LogP contribution is 2.32. The minimum atomic E-state index is -0.0273. The van der Waals surface area contributed by atoms with Gasteiger partial charge in [-0.15, -0.1) is 0 Å². The van der Waals surface area contributed by atoms with Gasteiger partial charge < -0.3 is 23.3 Å². The van der Waals surface area contributed by atoms with E-state index in [1.807, 2.05) is 30.5 Å². The fraction of sp³-hybridized carbons (Fsp3) is 0.275. The molecule has 0 amide bonds. The van der Waals surface area contributed by atoms with Gasteiger partial charge in [0.1, 0.15) is 18.2 Å². The zero-order chi connectivity index (χ0) is 32.6. The number of hydrogen-bond donors (Lipinski definition) is 0. The van der Waals surface area contributed by atoms with Gasteiger partial charge in [0.05, 0.1) is 36.0 Å². The summed E-state index contributed by atoms with van der Waals surface area (Å²) >= 11 is 0. The van der Waals surface area contributed by atoms with Crippen molar-refractivity contribution in [3.8, 4) is 34.0 Å². The molecule has 5 heterocycles. The van der Waals surface area contributed by atoms with Gasteiger partial charge >= 0.3 is 0 Å². The predicted molar refractivity (Wildman–Crippen MR) is 187 cm³/mol. The van der Waals surface area contributed by atoms with Crippen LogP contribution in [-0.4, -0.2) is 38.4 Å². The highest BCUT2D eigenvalue weighted by Gasteiger charge is 2.23. The molecule has 48 heavy (non-hydrogen) atoms. The molecule has 1 atom stereocenters. The van der Waals surface area contributed by atoms with Crippen LogP contribution in [0.5, 0.6) is 11.6 Å². The van der Waals surface area contributed by atoms with Crippen LogP contribution in [0.15, 0.2) is 95.9 Å². The molecule has 0 saturated carbocycles. The van der Waals surface area contributed by atoms with E-state index in [0.717, 1.165) is 88.5 Å². The fourth-order valence-corrected chi connectivity index (χ4v) is 6.61. The molecule has 1 saturated heterocycles. The Morgan fingerprint density at radius 2 is 1.73 bits per heavy atom. The molecule has 8 nitrogen and oxygen atoms in total. The largest absolute Gasteiger partial charge is 0.493 e. The Morgan fingerprint density at radius 1 is 0.854 bits per heavy atom. The van der Waals surface area contributed by atoms with E-state index in [1.165, 1.54) is 11.1 Å². The molecule has 0 N–H and O–H groups in total. The summed E-state index contributed by atoms with van der Waals surface area (Å²) in [5.41, 5.74) is 10.6. The lowest BCUT2D eigenvalue weighted by molar-refractivity contribution is -0.0589. The Labute approximate surface area is 279 Å². The van der Waals surface area contributed by atoms with E-state index in [-0.39, 0.29) is 11.7 Å². The van der Waals surface area contributed by atoms with Crippen LogP contribution in [0.25, 0.3) is 33.4 Å². The molecule has 0 radical (unpaired) electrons. The third-order valence-electron chi connectivity index (χ3n) is 9.45. The van der Waals surface area contributed by atoms with Crippen LogP contribution >= 0.6 is 0 Å². The molecule has 3 aromatic carbocycles. The van der Waals surface area contributed by atoms with Crippen molar-refractivity contribution in [3.63, 3.8) is 0 Å². The lowest BCUT2D eigenvalue weighted by atomic mass is 9.97. The minimum absolute atomic E-state index is 0.0273. The molecule has 2 aliphatic rings. The molecule has 0 spiro atoms. The van der Waals surface area contributed by atoms with Crippen molar-refractivity contribution >= 4 is 11.0 Å². The maximum Gasteiger partial charge on any atom is 0.250 e. The van der Waals surface area contributed by atoms with Gasteiger partial charge in [0.15, 0.2) is 0 Å².